The minimum Gasteiger partial charge on any atom is -0.436 e. The maximum atomic E-state index is 6.26. The first kappa shape index (κ1) is 27.4. The van der Waals surface area contributed by atoms with Gasteiger partial charge in [0.15, 0.2) is 5.58 Å². The lowest BCUT2D eigenvalue weighted by Crippen LogP contribution is -1.91. The molecule has 0 N–H and O–H groups in total. The lowest BCUT2D eigenvalue weighted by molar-refractivity contribution is 0.620. The summed E-state index contributed by atoms with van der Waals surface area (Å²) in [5.74, 6) is 0.614. The second kappa shape index (κ2) is 10.9. The molecule has 0 saturated carbocycles. The van der Waals surface area contributed by atoms with Crippen LogP contribution in [-0.4, -0.2) is 19.9 Å². The Morgan fingerprint density at radius 2 is 1.10 bits per heavy atom. The molecule has 4 aromatic heterocycles. The fourth-order valence-electron chi connectivity index (χ4n) is 7.03. The number of nitrogens with zero attached hydrogens (tertiary/aromatic N) is 4. The number of oxazole rings is 1. The van der Waals surface area contributed by atoms with Crippen LogP contribution in [0.2, 0.25) is 0 Å². The first-order valence-corrected chi connectivity index (χ1v) is 16.3. The Kier molecular flexibility index (Phi) is 6.11. The average Bonchev–Trinajstić information content (AvgIpc) is 3.63. The quantitative estimate of drug-likeness (QED) is 0.182. The van der Waals surface area contributed by atoms with E-state index in [2.05, 4.69) is 101 Å². The van der Waals surface area contributed by atoms with Crippen molar-refractivity contribution in [3.63, 3.8) is 0 Å². The topological polar surface area (TPSA) is 64.7 Å². The summed E-state index contributed by atoms with van der Waals surface area (Å²) in [6, 6.07) is 50.3. The number of benzene rings is 6. The van der Waals surface area contributed by atoms with E-state index in [9.17, 15) is 0 Å². The monoisotopic (exact) mass is 626 g/mol. The Bertz CT molecular complexity index is 2860. The summed E-state index contributed by atoms with van der Waals surface area (Å²) in [4.78, 5) is 19.5. The maximum Gasteiger partial charge on any atom is 0.227 e. The molecule has 5 nitrogen and oxygen atoms in total. The number of fused-ring (bicyclic) bond motifs is 8. The molecular weight excluding hydrogens is 601 g/mol. The molecule has 10 rings (SSSR count). The molecule has 0 saturated heterocycles. The van der Waals surface area contributed by atoms with Crippen molar-refractivity contribution in [2.45, 2.75) is 0 Å². The third-order valence-electron chi connectivity index (χ3n) is 9.39. The highest BCUT2D eigenvalue weighted by Crippen LogP contribution is 2.39. The second-order valence-electron chi connectivity index (χ2n) is 12.3. The van der Waals surface area contributed by atoms with Crippen LogP contribution in [0.3, 0.4) is 0 Å². The van der Waals surface area contributed by atoms with Crippen LogP contribution in [-0.2, 0) is 0 Å². The molecule has 10 aromatic rings. The van der Waals surface area contributed by atoms with Crippen molar-refractivity contribution in [1.29, 1.82) is 0 Å². The van der Waals surface area contributed by atoms with E-state index in [4.69, 9.17) is 14.4 Å². The van der Waals surface area contributed by atoms with Crippen LogP contribution in [0.1, 0.15) is 0 Å². The van der Waals surface area contributed by atoms with Crippen LogP contribution in [0.5, 0.6) is 0 Å². The van der Waals surface area contributed by atoms with Crippen molar-refractivity contribution in [3.8, 4) is 45.0 Å². The third kappa shape index (κ3) is 4.48. The van der Waals surface area contributed by atoms with Crippen molar-refractivity contribution in [3.05, 3.63) is 158 Å². The van der Waals surface area contributed by atoms with Gasteiger partial charge in [0.05, 0.1) is 22.2 Å². The normalized spacial score (nSPS) is 11.7. The number of hydrogen-bond acceptors (Lipinski definition) is 5. The van der Waals surface area contributed by atoms with E-state index in [0.29, 0.717) is 5.89 Å². The molecule has 5 heteroatoms. The number of aromatic nitrogens is 4. The summed E-state index contributed by atoms with van der Waals surface area (Å²) in [7, 11) is 0. The zero-order chi connectivity index (χ0) is 32.3. The van der Waals surface area contributed by atoms with Gasteiger partial charge < -0.3 is 4.42 Å². The van der Waals surface area contributed by atoms with Crippen molar-refractivity contribution >= 4 is 54.6 Å². The molecule has 0 bridgehead atoms. The van der Waals surface area contributed by atoms with Gasteiger partial charge in [0, 0.05) is 50.5 Å². The highest BCUT2D eigenvalue weighted by molar-refractivity contribution is 6.20. The molecule has 0 aliphatic heterocycles. The summed E-state index contributed by atoms with van der Waals surface area (Å²) in [5.41, 5.74) is 11.9. The fraction of sp³-hybridized carbons (Fsp3) is 0. The molecule has 4 heterocycles. The minimum atomic E-state index is 0.614. The predicted molar refractivity (Wildman–Crippen MR) is 199 cm³/mol. The van der Waals surface area contributed by atoms with Gasteiger partial charge >= 0.3 is 0 Å². The van der Waals surface area contributed by atoms with Gasteiger partial charge in [0.25, 0.3) is 0 Å². The standard InChI is InChI=1S/C44H26N4O/c1-2-8-31(9-3-1)44-48-43-38(49-44)23-22-35-39(43)34-11-4-5-13-37(34)47-40(35)30-20-16-28(17-21-30)27-14-18-29(19-15-27)36-26-32-10-6-24-45-41(32)42-33(36)12-7-25-46-42/h1-26H. The summed E-state index contributed by atoms with van der Waals surface area (Å²) in [6.45, 7) is 0. The molecular formula is C44H26N4O. The predicted octanol–water partition coefficient (Wildman–Crippen LogP) is 11.3. The number of para-hydroxylation sites is 1. The molecule has 228 valence electrons. The highest BCUT2D eigenvalue weighted by Gasteiger charge is 2.18. The van der Waals surface area contributed by atoms with Gasteiger partial charge in [-0.3, -0.25) is 9.97 Å². The summed E-state index contributed by atoms with van der Waals surface area (Å²) >= 11 is 0. The first-order valence-electron chi connectivity index (χ1n) is 16.3. The zero-order valence-corrected chi connectivity index (χ0v) is 26.2. The summed E-state index contributed by atoms with van der Waals surface area (Å²) in [6.07, 6.45) is 3.66. The number of rotatable bonds is 4. The van der Waals surface area contributed by atoms with Gasteiger partial charge in [-0.2, -0.15) is 0 Å². The van der Waals surface area contributed by atoms with Crippen LogP contribution in [0, 0.1) is 0 Å². The molecule has 0 aliphatic rings. The van der Waals surface area contributed by atoms with Crippen molar-refractivity contribution in [1.82, 2.24) is 19.9 Å². The first-order chi connectivity index (χ1) is 24.3. The molecule has 0 radical (unpaired) electrons. The molecule has 0 atom stereocenters. The van der Waals surface area contributed by atoms with Crippen molar-refractivity contribution in [2.75, 3.05) is 0 Å². The van der Waals surface area contributed by atoms with Crippen LogP contribution in [0.4, 0.5) is 0 Å². The lowest BCUT2D eigenvalue weighted by Gasteiger charge is -2.12. The Morgan fingerprint density at radius 3 is 1.92 bits per heavy atom. The van der Waals surface area contributed by atoms with E-state index in [1.807, 2.05) is 67.0 Å². The van der Waals surface area contributed by atoms with E-state index in [1.54, 1.807) is 0 Å². The SMILES string of the molecule is c1ccc(-c2nc3c(ccc4c(-c5ccc(-c6ccc(-c7cc8cccnc8c8ncccc78)cc6)cc5)nc5ccccc5c43)o2)cc1. The molecule has 0 spiro atoms. The minimum absolute atomic E-state index is 0.614. The van der Waals surface area contributed by atoms with E-state index in [-0.39, 0.29) is 0 Å². The number of hydrogen-bond donors (Lipinski definition) is 0. The van der Waals surface area contributed by atoms with Crippen molar-refractivity contribution in [2.24, 2.45) is 0 Å². The van der Waals surface area contributed by atoms with Gasteiger partial charge in [-0.1, -0.05) is 97.1 Å². The van der Waals surface area contributed by atoms with Crippen LogP contribution < -0.4 is 0 Å². The van der Waals surface area contributed by atoms with Crippen molar-refractivity contribution < 1.29 is 4.42 Å². The Morgan fingerprint density at radius 1 is 0.429 bits per heavy atom. The molecule has 0 unspecified atom stereocenters. The van der Waals surface area contributed by atoms with Gasteiger partial charge in [-0.05, 0) is 70.8 Å². The van der Waals surface area contributed by atoms with E-state index >= 15 is 0 Å². The smallest absolute Gasteiger partial charge is 0.227 e. The largest absolute Gasteiger partial charge is 0.436 e. The average molecular weight is 627 g/mol. The fourth-order valence-corrected chi connectivity index (χ4v) is 7.03. The highest BCUT2D eigenvalue weighted by atomic mass is 16.3. The van der Waals surface area contributed by atoms with Gasteiger partial charge in [-0.15, -0.1) is 0 Å². The third-order valence-corrected chi connectivity index (χ3v) is 9.39. The Hall–Kier alpha value is -6.72. The molecule has 49 heavy (non-hydrogen) atoms. The van der Waals surface area contributed by atoms with Gasteiger partial charge in [0.2, 0.25) is 5.89 Å². The number of pyridine rings is 3. The van der Waals surface area contributed by atoms with Crippen LogP contribution >= 0.6 is 0 Å². The summed E-state index contributed by atoms with van der Waals surface area (Å²) < 4.78 is 6.26. The van der Waals surface area contributed by atoms with E-state index in [1.165, 1.54) is 0 Å². The molecule has 6 aromatic carbocycles. The van der Waals surface area contributed by atoms with Crippen LogP contribution in [0.15, 0.2) is 162 Å². The lowest BCUT2D eigenvalue weighted by atomic mass is 9.95. The summed E-state index contributed by atoms with van der Waals surface area (Å²) in [5, 5.41) is 5.33. The van der Waals surface area contributed by atoms with Gasteiger partial charge in [0.1, 0.15) is 5.52 Å². The molecule has 0 fully saturated rings. The Balaban J connectivity index is 1.05. The van der Waals surface area contributed by atoms with Gasteiger partial charge in [-0.25, -0.2) is 9.97 Å². The van der Waals surface area contributed by atoms with E-state index < -0.39 is 0 Å². The maximum absolute atomic E-state index is 6.26. The second-order valence-corrected chi connectivity index (χ2v) is 12.3. The van der Waals surface area contributed by atoms with Crippen LogP contribution in [0.25, 0.3) is 99.5 Å². The molecule has 0 aliphatic carbocycles. The molecule has 0 amide bonds. The van der Waals surface area contributed by atoms with E-state index in [0.717, 1.165) is 93.7 Å². The zero-order valence-electron chi connectivity index (χ0n) is 26.2. The Labute approximate surface area is 281 Å².